The van der Waals surface area contributed by atoms with Crippen LogP contribution >= 0.6 is 22.9 Å². The van der Waals surface area contributed by atoms with Gasteiger partial charge in [0.1, 0.15) is 5.01 Å². The maximum Gasteiger partial charge on any atom is 0.243 e. The SMILES string of the molecule is CC1CC(C)CN(S(=O)(=O)c2cccc(-c3csc(-c4ccc(CS(=O)(=O)c5ccc(Cl)cc5)cc4)n3)c2)C1. The topological polar surface area (TPSA) is 84.4 Å². The van der Waals surface area contributed by atoms with Gasteiger partial charge < -0.3 is 0 Å². The molecule has 0 amide bonds. The van der Waals surface area contributed by atoms with Crippen LogP contribution in [-0.2, 0) is 25.6 Å². The Labute approximate surface area is 239 Å². The molecule has 2 heterocycles. The normalized spacial score (nSPS) is 18.7. The highest BCUT2D eigenvalue weighted by atomic mass is 35.5. The minimum Gasteiger partial charge on any atom is -0.236 e. The second kappa shape index (κ2) is 11.1. The van der Waals surface area contributed by atoms with Gasteiger partial charge in [0.15, 0.2) is 9.84 Å². The monoisotopic (exact) mass is 600 g/mol. The molecule has 1 aliphatic heterocycles. The molecule has 39 heavy (non-hydrogen) atoms. The third kappa shape index (κ3) is 6.28. The highest BCUT2D eigenvalue weighted by Gasteiger charge is 2.31. The van der Waals surface area contributed by atoms with Gasteiger partial charge in [0.05, 0.1) is 21.2 Å². The Morgan fingerprint density at radius 2 is 1.54 bits per heavy atom. The highest BCUT2D eigenvalue weighted by molar-refractivity contribution is 7.90. The fourth-order valence-electron chi connectivity index (χ4n) is 4.99. The standard InChI is InChI=1S/C29H29ClN2O4S3/c1-20-14-21(2)17-32(16-20)39(35,36)27-5-3-4-24(15-27)28-18-37-29(31-28)23-8-6-22(7-9-23)19-38(33,34)26-12-10-25(30)11-13-26/h3-13,15,18,20-21H,14,16-17,19H2,1-2H3. The molecule has 2 unspecified atom stereocenters. The zero-order valence-corrected chi connectivity index (χ0v) is 24.8. The summed E-state index contributed by atoms with van der Waals surface area (Å²) in [5, 5.41) is 3.16. The van der Waals surface area contributed by atoms with E-state index in [1.54, 1.807) is 46.8 Å². The number of hydrogen-bond acceptors (Lipinski definition) is 6. The summed E-state index contributed by atoms with van der Waals surface area (Å²) in [6.45, 7) is 5.26. The van der Waals surface area contributed by atoms with Crippen LogP contribution < -0.4 is 0 Å². The number of halogens is 1. The van der Waals surface area contributed by atoms with Gasteiger partial charge in [-0.1, -0.05) is 61.8 Å². The minimum absolute atomic E-state index is 0.117. The predicted octanol–water partition coefficient (Wildman–Crippen LogP) is 6.77. The molecule has 1 saturated heterocycles. The molecule has 0 saturated carbocycles. The van der Waals surface area contributed by atoms with Gasteiger partial charge in [-0.05, 0) is 60.2 Å². The Hall–Kier alpha value is -2.56. The van der Waals surface area contributed by atoms with E-state index in [1.807, 2.05) is 23.6 Å². The smallest absolute Gasteiger partial charge is 0.236 e. The Morgan fingerprint density at radius 3 is 2.21 bits per heavy atom. The first-order chi connectivity index (χ1) is 18.5. The number of benzene rings is 3. The first kappa shape index (κ1) is 28.0. The molecule has 1 fully saturated rings. The van der Waals surface area contributed by atoms with Gasteiger partial charge in [-0.25, -0.2) is 21.8 Å². The molecule has 3 aromatic carbocycles. The Bertz CT molecular complexity index is 1670. The van der Waals surface area contributed by atoms with Crippen LogP contribution in [0.4, 0.5) is 0 Å². The molecule has 0 spiro atoms. The van der Waals surface area contributed by atoms with E-state index in [1.165, 1.54) is 23.5 Å². The van der Waals surface area contributed by atoms with E-state index < -0.39 is 19.9 Å². The van der Waals surface area contributed by atoms with Crippen molar-refractivity contribution in [3.8, 4) is 21.8 Å². The van der Waals surface area contributed by atoms with Crippen molar-refractivity contribution in [2.45, 2.75) is 35.8 Å². The second-order valence-electron chi connectivity index (χ2n) is 10.2. The van der Waals surface area contributed by atoms with Crippen LogP contribution in [0.25, 0.3) is 21.8 Å². The lowest BCUT2D eigenvalue weighted by Crippen LogP contribution is -2.42. The Kier molecular flexibility index (Phi) is 7.99. The third-order valence-electron chi connectivity index (χ3n) is 6.84. The van der Waals surface area contributed by atoms with Crippen molar-refractivity contribution in [3.63, 3.8) is 0 Å². The number of sulfonamides is 1. The second-order valence-corrected chi connectivity index (χ2v) is 15.5. The van der Waals surface area contributed by atoms with E-state index in [4.69, 9.17) is 16.6 Å². The molecule has 2 atom stereocenters. The van der Waals surface area contributed by atoms with E-state index in [0.29, 0.717) is 41.2 Å². The summed E-state index contributed by atoms with van der Waals surface area (Å²) in [5.74, 6) is 0.543. The quantitative estimate of drug-likeness (QED) is 0.234. The van der Waals surface area contributed by atoms with Crippen molar-refractivity contribution >= 4 is 42.8 Å². The molecular formula is C29H29ClN2O4S3. The molecule has 1 aromatic heterocycles. The van der Waals surface area contributed by atoms with Gasteiger partial charge in [0, 0.05) is 34.6 Å². The average molecular weight is 601 g/mol. The van der Waals surface area contributed by atoms with Gasteiger partial charge in [-0.3, -0.25) is 0 Å². The van der Waals surface area contributed by atoms with Crippen LogP contribution in [-0.4, -0.2) is 39.2 Å². The Balaban J connectivity index is 1.33. The van der Waals surface area contributed by atoms with Gasteiger partial charge in [-0.2, -0.15) is 4.31 Å². The fraction of sp³-hybridized carbons (Fsp3) is 0.276. The maximum absolute atomic E-state index is 13.4. The molecule has 6 nitrogen and oxygen atoms in total. The van der Waals surface area contributed by atoms with Crippen molar-refractivity contribution < 1.29 is 16.8 Å². The van der Waals surface area contributed by atoms with Crippen molar-refractivity contribution in [3.05, 3.63) is 88.8 Å². The van der Waals surface area contributed by atoms with Crippen LogP contribution in [0.15, 0.2) is 88.0 Å². The number of hydrogen-bond donors (Lipinski definition) is 0. The lowest BCUT2D eigenvalue weighted by atomic mass is 9.94. The maximum atomic E-state index is 13.4. The number of rotatable bonds is 7. The lowest BCUT2D eigenvalue weighted by Gasteiger charge is -2.34. The summed E-state index contributed by atoms with van der Waals surface area (Å²) in [7, 11) is -7.09. The van der Waals surface area contributed by atoms with Crippen LogP contribution in [0, 0.1) is 11.8 Å². The van der Waals surface area contributed by atoms with Crippen LogP contribution in [0.5, 0.6) is 0 Å². The van der Waals surface area contributed by atoms with Crippen LogP contribution in [0.2, 0.25) is 5.02 Å². The summed E-state index contributed by atoms with van der Waals surface area (Å²) in [6, 6.07) is 20.4. The first-order valence-corrected chi connectivity index (χ1v) is 17.0. The van der Waals surface area contributed by atoms with Crippen LogP contribution in [0.1, 0.15) is 25.8 Å². The van der Waals surface area contributed by atoms with Gasteiger partial charge >= 0.3 is 0 Å². The van der Waals surface area contributed by atoms with Crippen molar-refractivity contribution in [2.24, 2.45) is 11.8 Å². The summed E-state index contributed by atoms with van der Waals surface area (Å²) in [4.78, 5) is 5.26. The van der Waals surface area contributed by atoms with E-state index >= 15 is 0 Å². The summed E-state index contributed by atoms with van der Waals surface area (Å²) >= 11 is 7.33. The van der Waals surface area contributed by atoms with Crippen LogP contribution in [0.3, 0.4) is 0 Å². The molecule has 5 rings (SSSR count). The molecule has 0 bridgehead atoms. The van der Waals surface area contributed by atoms with Crippen molar-refractivity contribution in [1.29, 1.82) is 0 Å². The van der Waals surface area contributed by atoms with Gasteiger partial charge in [0.25, 0.3) is 0 Å². The molecule has 204 valence electrons. The number of aromatic nitrogens is 1. The van der Waals surface area contributed by atoms with E-state index in [-0.39, 0.29) is 15.5 Å². The molecule has 0 N–H and O–H groups in total. The molecule has 0 radical (unpaired) electrons. The molecule has 1 aliphatic rings. The van der Waals surface area contributed by atoms with E-state index in [9.17, 15) is 16.8 Å². The molecule has 4 aromatic rings. The van der Waals surface area contributed by atoms with Crippen molar-refractivity contribution in [1.82, 2.24) is 9.29 Å². The average Bonchev–Trinajstić information content (AvgIpc) is 3.39. The predicted molar refractivity (Wildman–Crippen MR) is 157 cm³/mol. The number of sulfone groups is 1. The minimum atomic E-state index is -3.59. The number of nitrogens with zero attached hydrogens (tertiary/aromatic N) is 2. The van der Waals surface area contributed by atoms with Gasteiger partial charge in [-0.15, -0.1) is 11.3 Å². The number of thiazole rings is 1. The Morgan fingerprint density at radius 1 is 0.872 bits per heavy atom. The van der Waals surface area contributed by atoms with Gasteiger partial charge in [0.2, 0.25) is 10.0 Å². The molecular weight excluding hydrogens is 572 g/mol. The highest BCUT2D eigenvalue weighted by Crippen LogP contribution is 2.32. The third-order valence-corrected chi connectivity index (χ3v) is 11.5. The van der Waals surface area contributed by atoms with Crippen molar-refractivity contribution in [2.75, 3.05) is 13.1 Å². The molecule has 0 aliphatic carbocycles. The zero-order chi connectivity index (χ0) is 27.8. The number of piperidine rings is 1. The molecule has 10 heteroatoms. The fourth-order valence-corrected chi connectivity index (χ4v) is 9.03. The van der Waals surface area contributed by atoms with E-state index in [0.717, 1.165) is 22.6 Å². The summed E-state index contributed by atoms with van der Waals surface area (Å²) < 4.78 is 53.9. The van der Waals surface area contributed by atoms with E-state index in [2.05, 4.69) is 13.8 Å². The lowest BCUT2D eigenvalue weighted by molar-refractivity contribution is 0.222. The summed E-state index contributed by atoms with van der Waals surface area (Å²) in [6.07, 6.45) is 1.03. The largest absolute Gasteiger partial charge is 0.243 e. The summed E-state index contributed by atoms with van der Waals surface area (Å²) in [5.41, 5.74) is 2.97. The zero-order valence-electron chi connectivity index (χ0n) is 21.6. The first-order valence-electron chi connectivity index (χ1n) is 12.6.